The first-order chi connectivity index (χ1) is 10.8. The zero-order chi connectivity index (χ0) is 14.7. The minimum atomic E-state index is 0.251. The lowest BCUT2D eigenvalue weighted by Gasteiger charge is -2.52. The SMILES string of the molecule is O=C(C[C@@H]1C2CCN(CC2)C12CC2)c1cnc2occc2c1. The number of hydrogen-bond donors (Lipinski definition) is 0. The first kappa shape index (κ1) is 12.8. The van der Waals surface area contributed by atoms with Crippen molar-refractivity contribution in [2.24, 2.45) is 11.8 Å². The largest absolute Gasteiger partial charge is 0.446 e. The molecule has 4 nitrogen and oxygen atoms in total. The molecule has 3 aliphatic heterocycles. The average Bonchev–Trinajstić information content (AvgIpc) is 3.18. The van der Waals surface area contributed by atoms with Crippen molar-refractivity contribution in [2.45, 2.75) is 37.6 Å². The van der Waals surface area contributed by atoms with Gasteiger partial charge in [0.2, 0.25) is 5.71 Å². The van der Waals surface area contributed by atoms with Crippen molar-refractivity contribution in [3.63, 3.8) is 0 Å². The maximum Gasteiger partial charge on any atom is 0.225 e. The predicted molar refractivity (Wildman–Crippen MR) is 82.7 cm³/mol. The van der Waals surface area contributed by atoms with Gasteiger partial charge in [0, 0.05) is 29.1 Å². The molecule has 22 heavy (non-hydrogen) atoms. The summed E-state index contributed by atoms with van der Waals surface area (Å²) in [6.07, 6.45) is 9.12. The number of Topliss-reactive ketones (excluding diaryl/α,β-unsaturated/α-hetero) is 1. The molecule has 1 atom stereocenters. The number of furan rings is 1. The van der Waals surface area contributed by atoms with Gasteiger partial charge in [0.1, 0.15) is 0 Å². The number of aromatic nitrogens is 1. The highest BCUT2D eigenvalue weighted by molar-refractivity contribution is 5.98. The highest BCUT2D eigenvalue weighted by Crippen LogP contribution is 2.58. The lowest BCUT2D eigenvalue weighted by molar-refractivity contribution is -0.0274. The van der Waals surface area contributed by atoms with Crippen LogP contribution in [0.5, 0.6) is 0 Å². The molecule has 0 unspecified atom stereocenters. The van der Waals surface area contributed by atoms with E-state index in [1.807, 2.05) is 12.1 Å². The third-order valence-corrected chi connectivity index (χ3v) is 6.22. The van der Waals surface area contributed by atoms with Gasteiger partial charge in [-0.05, 0) is 62.7 Å². The molecule has 5 heterocycles. The summed E-state index contributed by atoms with van der Waals surface area (Å²) in [5.74, 6) is 1.56. The topological polar surface area (TPSA) is 46.3 Å². The van der Waals surface area contributed by atoms with Crippen molar-refractivity contribution in [3.05, 3.63) is 30.2 Å². The number of fused-ring (bicyclic) bond motifs is 3. The Bertz CT molecular complexity index is 738. The zero-order valence-corrected chi connectivity index (χ0v) is 12.6. The summed E-state index contributed by atoms with van der Waals surface area (Å²) in [4.78, 5) is 19.7. The number of piperidine rings is 3. The lowest BCUT2D eigenvalue weighted by atomic mass is 9.69. The van der Waals surface area contributed by atoms with Gasteiger partial charge in [-0.25, -0.2) is 4.98 Å². The number of rotatable bonds is 3. The summed E-state index contributed by atoms with van der Waals surface area (Å²) >= 11 is 0. The minimum absolute atomic E-state index is 0.251. The highest BCUT2D eigenvalue weighted by atomic mass is 16.3. The van der Waals surface area contributed by atoms with Crippen LogP contribution in [0, 0.1) is 11.8 Å². The minimum Gasteiger partial charge on any atom is -0.446 e. The van der Waals surface area contributed by atoms with Crippen LogP contribution in [-0.2, 0) is 0 Å². The summed E-state index contributed by atoms with van der Waals surface area (Å²) in [6, 6.07) is 3.80. The summed E-state index contributed by atoms with van der Waals surface area (Å²) in [5.41, 5.74) is 1.73. The quantitative estimate of drug-likeness (QED) is 0.816. The molecule has 0 aromatic carbocycles. The molecule has 6 rings (SSSR count). The Balaban J connectivity index is 1.42. The molecule has 0 N–H and O–H groups in total. The Morgan fingerprint density at radius 3 is 2.95 bits per heavy atom. The number of ketones is 1. The van der Waals surface area contributed by atoms with E-state index in [9.17, 15) is 4.79 Å². The maximum atomic E-state index is 12.8. The molecule has 2 aromatic rings. The molecule has 3 saturated heterocycles. The Labute approximate surface area is 129 Å². The molecule has 114 valence electrons. The van der Waals surface area contributed by atoms with Crippen molar-refractivity contribution < 1.29 is 9.21 Å². The summed E-state index contributed by atoms with van der Waals surface area (Å²) in [5, 5.41) is 0.918. The van der Waals surface area contributed by atoms with Gasteiger partial charge < -0.3 is 4.42 Å². The standard InChI is InChI=1S/C18H20N2O2/c21-16(14-9-13-3-8-22-17(13)19-11-14)10-15-12-1-6-20(7-2-12)18(15)4-5-18/h3,8-9,11-12,15H,1-2,4-7,10H2/t15-/m1/s1. The van der Waals surface area contributed by atoms with Crippen LogP contribution in [0.4, 0.5) is 0 Å². The average molecular weight is 296 g/mol. The monoisotopic (exact) mass is 296 g/mol. The molecule has 2 bridgehead atoms. The molecule has 4 fully saturated rings. The number of hydrogen-bond acceptors (Lipinski definition) is 4. The molecule has 4 heteroatoms. The predicted octanol–water partition coefficient (Wildman–Crippen LogP) is 3.28. The molecule has 2 aromatic heterocycles. The molecule has 1 aliphatic carbocycles. The van der Waals surface area contributed by atoms with Gasteiger partial charge in [-0.15, -0.1) is 0 Å². The van der Waals surface area contributed by atoms with Gasteiger partial charge in [0.15, 0.2) is 5.78 Å². The van der Waals surface area contributed by atoms with Gasteiger partial charge in [-0.3, -0.25) is 9.69 Å². The van der Waals surface area contributed by atoms with Crippen molar-refractivity contribution in [1.29, 1.82) is 0 Å². The molecule has 4 aliphatic rings. The smallest absolute Gasteiger partial charge is 0.225 e. The Hall–Kier alpha value is -1.68. The number of nitrogens with zero attached hydrogens (tertiary/aromatic N) is 2. The van der Waals surface area contributed by atoms with E-state index in [0.29, 0.717) is 23.6 Å². The fourth-order valence-electron chi connectivity index (χ4n) is 4.92. The Morgan fingerprint density at radius 1 is 1.36 bits per heavy atom. The van der Waals surface area contributed by atoms with Gasteiger partial charge in [0.25, 0.3) is 0 Å². The van der Waals surface area contributed by atoms with Gasteiger partial charge in [-0.1, -0.05) is 0 Å². The van der Waals surface area contributed by atoms with Gasteiger partial charge >= 0.3 is 0 Å². The second kappa shape index (κ2) is 4.42. The number of carbonyl (C=O) groups excluding carboxylic acids is 1. The van der Waals surface area contributed by atoms with Crippen LogP contribution in [0.2, 0.25) is 0 Å². The van der Waals surface area contributed by atoms with Crippen molar-refractivity contribution in [1.82, 2.24) is 9.88 Å². The lowest BCUT2D eigenvalue weighted by Crippen LogP contribution is -2.57. The molecule has 0 radical (unpaired) electrons. The van der Waals surface area contributed by atoms with Gasteiger partial charge in [-0.2, -0.15) is 0 Å². The maximum absolute atomic E-state index is 12.8. The summed E-state index contributed by atoms with van der Waals surface area (Å²) in [6.45, 7) is 2.50. The van der Waals surface area contributed by atoms with Crippen LogP contribution in [-0.4, -0.2) is 34.3 Å². The van der Waals surface area contributed by atoms with E-state index in [0.717, 1.165) is 16.9 Å². The van der Waals surface area contributed by atoms with Crippen LogP contribution < -0.4 is 0 Å². The van der Waals surface area contributed by atoms with E-state index in [2.05, 4.69) is 9.88 Å². The molecule has 1 spiro atoms. The Morgan fingerprint density at radius 2 is 2.18 bits per heavy atom. The van der Waals surface area contributed by atoms with E-state index >= 15 is 0 Å². The third kappa shape index (κ3) is 1.73. The van der Waals surface area contributed by atoms with Crippen LogP contribution in [0.25, 0.3) is 11.1 Å². The first-order valence-electron chi connectivity index (χ1n) is 8.38. The molecular formula is C18H20N2O2. The normalized spacial score (nSPS) is 31.7. The summed E-state index contributed by atoms with van der Waals surface area (Å²) < 4.78 is 5.26. The van der Waals surface area contributed by atoms with Crippen LogP contribution in [0.15, 0.2) is 29.0 Å². The number of pyridine rings is 1. The van der Waals surface area contributed by atoms with Crippen molar-refractivity contribution >= 4 is 16.9 Å². The van der Waals surface area contributed by atoms with Crippen LogP contribution >= 0.6 is 0 Å². The van der Waals surface area contributed by atoms with Crippen molar-refractivity contribution in [2.75, 3.05) is 13.1 Å². The zero-order valence-electron chi connectivity index (χ0n) is 12.6. The van der Waals surface area contributed by atoms with E-state index in [1.165, 1.54) is 38.8 Å². The van der Waals surface area contributed by atoms with Gasteiger partial charge in [0.05, 0.1) is 6.26 Å². The van der Waals surface area contributed by atoms with E-state index in [4.69, 9.17) is 4.42 Å². The molecule has 1 saturated carbocycles. The fraction of sp³-hybridized carbons (Fsp3) is 0.556. The van der Waals surface area contributed by atoms with E-state index < -0.39 is 0 Å². The Kier molecular flexibility index (Phi) is 2.57. The second-order valence-corrected chi connectivity index (χ2v) is 7.20. The van der Waals surface area contributed by atoms with Crippen molar-refractivity contribution in [3.8, 4) is 0 Å². The second-order valence-electron chi connectivity index (χ2n) is 7.20. The fourth-order valence-corrected chi connectivity index (χ4v) is 4.92. The van der Waals surface area contributed by atoms with E-state index in [1.54, 1.807) is 12.5 Å². The molecular weight excluding hydrogens is 276 g/mol. The summed E-state index contributed by atoms with van der Waals surface area (Å²) in [7, 11) is 0. The van der Waals surface area contributed by atoms with E-state index in [-0.39, 0.29) is 5.78 Å². The van der Waals surface area contributed by atoms with Crippen LogP contribution in [0.1, 0.15) is 42.5 Å². The number of carbonyl (C=O) groups is 1. The van der Waals surface area contributed by atoms with Crippen LogP contribution in [0.3, 0.4) is 0 Å². The highest BCUT2D eigenvalue weighted by Gasteiger charge is 2.60. The molecule has 0 amide bonds. The third-order valence-electron chi connectivity index (χ3n) is 6.22. The first-order valence-corrected chi connectivity index (χ1v) is 8.38.